The summed E-state index contributed by atoms with van der Waals surface area (Å²) in [6.07, 6.45) is 0. The highest BCUT2D eigenvalue weighted by atomic mass is 16.3. The van der Waals surface area contributed by atoms with Gasteiger partial charge in [0.1, 0.15) is 11.5 Å². The van der Waals surface area contributed by atoms with Gasteiger partial charge >= 0.3 is 0 Å². The van der Waals surface area contributed by atoms with Gasteiger partial charge in [-0.05, 0) is 87.5 Å². The van der Waals surface area contributed by atoms with E-state index in [4.69, 9.17) is 0 Å². The number of hydrogen-bond acceptors (Lipinski definition) is 2. The van der Waals surface area contributed by atoms with E-state index in [1.807, 2.05) is 24.3 Å². The number of hydrogen-bond donors (Lipinski definition) is 2. The highest BCUT2D eigenvalue weighted by Crippen LogP contribution is 2.57. The van der Waals surface area contributed by atoms with Gasteiger partial charge in [-0.15, -0.1) is 0 Å². The van der Waals surface area contributed by atoms with Crippen LogP contribution in [0.25, 0.3) is 21.9 Å². The predicted molar refractivity (Wildman–Crippen MR) is 129 cm³/mol. The van der Waals surface area contributed by atoms with Crippen molar-refractivity contribution in [2.45, 2.75) is 12.3 Å². The highest BCUT2D eigenvalue weighted by Gasteiger charge is 2.46. The average Bonchev–Trinajstić information content (AvgIpc) is 3.08. The van der Waals surface area contributed by atoms with Gasteiger partial charge in [0.2, 0.25) is 0 Å². The van der Waals surface area contributed by atoms with Gasteiger partial charge in [0, 0.05) is 0 Å². The third kappa shape index (κ3) is 2.53. The number of aryl methyl sites for hydroxylation is 1. The van der Waals surface area contributed by atoms with E-state index in [-0.39, 0.29) is 11.5 Å². The molecule has 0 saturated heterocycles. The fourth-order valence-electron chi connectivity index (χ4n) is 5.33. The van der Waals surface area contributed by atoms with Crippen molar-refractivity contribution in [2.75, 3.05) is 0 Å². The molecule has 2 heteroatoms. The predicted octanol–water partition coefficient (Wildman–Crippen LogP) is 6.92. The molecule has 0 unspecified atom stereocenters. The van der Waals surface area contributed by atoms with Crippen LogP contribution in [0.2, 0.25) is 0 Å². The van der Waals surface area contributed by atoms with Gasteiger partial charge in [-0.25, -0.2) is 0 Å². The summed E-state index contributed by atoms with van der Waals surface area (Å²) in [6.45, 7) is 2.12. The summed E-state index contributed by atoms with van der Waals surface area (Å²) in [6, 6.07) is 34.8. The van der Waals surface area contributed by atoms with Gasteiger partial charge < -0.3 is 10.2 Å². The normalized spacial score (nSPS) is 13.7. The largest absolute Gasteiger partial charge is 0.508 e. The molecule has 5 aromatic rings. The van der Waals surface area contributed by atoms with Gasteiger partial charge in [-0.2, -0.15) is 0 Å². The van der Waals surface area contributed by atoms with E-state index in [9.17, 15) is 10.2 Å². The SMILES string of the molecule is Cc1ccc2c(c1)C(c1ccc(O)cc1)(c1ccc(O)cc1)c1cc3ccccc3cc1-2. The van der Waals surface area contributed by atoms with Gasteiger partial charge in [0.05, 0.1) is 5.41 Å². The standard InChI is InChI=1S/C30H22O2/c1-19-6-15-26-27-17-20-4-2-3-5-21(20)18-29(27)30(28(26)16-19,22-7-11-24(31)12-8-22)23-9-13-25(32)14-10-23/h2-18,31-32H,1H3. The Morgan fingerprint density at radius 3 is 1.66 bits per heavy atom. The van der Waals surface area contributed by atoms with Crippen molar-refractivity contribution >= 4 is 10.8 Å². The quantitative estimate of drug-likeness (QED) is 0.323. The number of aromatic hydroxyl groups is 2. The second-order valence-electron chi connectivity index (χ2n) is 8.64. The fraction of sp³-hybridized carbons (Fsp3) is 0.0667. The Balaban J connectivity index is 1.82. The minimum absolute atomic E-state index is 0.246. The fourth-order valence-corrected chi connectivity index (χ4v) is 5.33. The molecule has 0 amide bonds. The van der Waals surface area contributed by atoms with Crippen LogP contribution in [0.4, 0.5) is 0 Å². The summed E-state index contributed by atoms with van der Waals surface area (Å²) in [5, 5.41) is 22.5. The molecule has 5 aromatic carbocycles. The molecule has 2 nitrogen and oxygen atoms in total. The first-order valence-corrected chi connectivity index (χ1v) is 10.8. The van der Waals surface area contributed by atoms with Crippen molar-refractivity contribution in [3.8, 4) is 22.6 Å². The van der Waals surface area contributed by atoms with Gasteiger partial charge in [-0.3, -0.25) is 0 Å². The molecule has 154 valence electrons. The van der Waals surface area contributed by atoms with Crippen LogP contribution >= 0.6 is 0 Å². The van der Waals surface area contributed by atoms with Crippen LogP contribution in [0.5, 0.6) is 11.5 Å². The van der Waals surface area contributed by atoms with Crippen LogP contribution < -0.4 is 0 Å². The van der Waals surface area contributed by atoms with Crippen molar-refractivity contribution in [3.63, 3.8) is 0 Å². The molecule has 6 rings (SSSR count). The summed E-state index contributed by atoms with van der Waals surface area (Å²) in [5.74, 6) is 0.492. The molecule has 0 radical (unpaired) electrons. The van der Waals surface area contributed by atoms with Crippen molar-refractivity contribution in [2.24, 2.45) is 0 Å². The Morgan fingerprint density at radius 1 is 0.531 bits per heavy atom. The first-order chi connectivity index (χ1) is 15.6. The number of benzene rings is 5. The number of fused-ring (bicyclic) bond motifs is 4. The lowest BCUT2D eigenvalue weighted by Crippen LogP contribution is -2.28. The zero-order chi connectivity index (χ0) is 21.9. The van der Waals surface area contributed by atoms with E-state index in [0.717, 1.165) is 11.1 Å². The smallest absolute Gasteiger partial charge is 0.115 e. The van der Waals surface area contributed by atoms with Crippen molar-refractivity contribution in [1.29, 1.82) is 0 Å². The molecule has 0 spiro atoms. The minimum Gasteiger partial charge on any atom is -0.508 e. The summed E-state index contributed by atoms with van der Waals surface area (Å²) in [4.78, 5) is 0. The van der Waals surface area contributed by atoms with Crippen LogP contribution in [-0.2, 0) is 5.41 Å². The maximum Gasteiger partial charge on any atom is 0.115 e. The Bertz CT molecular complexity index is 1430. The lowest BCUT2D eigenvalue weighted by molar-refractivity contribution is 0.475. The lowest BCUT2D eigenvalue weighted by Gasteiger charge is -2.34. The van der Waals surface area contributed by atoms with Gasteiger partial charge in [0.15, 0.2) is 0 Å². The molecule has 1 aliphatic carbocycles. The summed E-state index contributed by atoms with van der Waals surface area (Å²) >= 11 is 0. The molecule has 32 heavy (non-hydrogen) atoms. The van der Waals surface area contributed by atoms with Crippen molar-refractivity contribution in [1.82, 2.24) is 0 Å². The molecule has 0 bridgehead atoms. The molecule has 0 atom stereocenters. The number of phenols is 2. The van der Waals surface area contributed by atoms with Crippen molar-refractivity contribution in [3.05, 3.63) is 131 Å². The molecule has 0 fully saturated rings. The van der Waals surface area contributed by atoms with Gasteiger partial charge in [-0.1, -0.05) is 72.3 Å². The molecule has 0 aromatic heterocycles. The maximum absolute atomic E-state index is 10.0. The Morgan fingerprint density at radius 2 is 1.06 bits per heavy atom. The van der Waals surface area contributed by atoms with E-state index in [2.05, 4.69) is 61.5 Å². The van der Waals surface area contributed by atoms with Crippen LogP contribution in [-0.4, -0.2) is 10.2 Å². The first kappa shape index (κ1) is 18.7. The molecule has 0 saturated carbocycles. The van der Waals surface area contributed by atoms with E-state index in [1.165, 1.54) is 38.6 Å². The first-order valence-electron chi connectivity index (χ1n) is 10.8. The second-order valence-corrected chi connectivity index (χ2v) is 8.64. The highest BCUT2D eigenvalue weighted by molar-refractivity contribution is 5.95. The number of phenolic OH excluding ortho intramolecular Hbond substituents is 2. The topological polar surface area (TPSA) is 40.5 Å². The molecule has 0 heterocycles. The zero-order valence-corrected chi connectivity index (χ0v) is 17.7. The maximum atomic E-state index is 10.0. The second kappa shape index (κ2) is 6.73. The van der Waals surface area contributed by atoms with E-state index < -0.39 is 5.41 Å². The van der Waals surface area contributed by atoms with Gasteiger partial charge in [0.25, 0.3) is 0 Å². The third-order valence-electron chi connectivity index (χ3n) is 6.76. The van der Waals surface area contributed by atoms with E-state index >= 15 is 0 Å². The van der Waals surface area contributed by atoms with Crippen LogP contribution in [0.3, 0.4) is 0 Å². The Labute approximate surface area is 187 Å². The van der Waals surface area contributed by atoms with Crippen LogP contribution in [0.1, 0.15) is 27.8 Å². The third-order valence-corrected chi connectivity index (χ3v) is 6.76. The van der Waals surface area contributed by atoms with Crippen LogP contribution in [0.15, 0.2) is 103 Å². The zero-order valence-electron chi connectivity index (χ0n) is 17.7. The van der Waals surface area contributed by atoms with Crippen molar-refractivity contribution < 1.29 is 10.2 Å². The monoisotopic (exact) mass is 414 g/mol. The summed E-state index contributed by atoms with van der Waals surface area (Å²) in [7, 11) is 0. The minimum atomic E-state index is -0.553. The Hall–Kier alpha value is -4.04. The van der Waals surface area contributed by atoms with E-state index in [1.54, 1.807) is 24.3 Å². The average molecular weight is 415 g/mol. The summed E-state index contributed by atoms with van der Waals surface area (Å²) < 4.78 is 0. The number of rotatable bonds is 2. The van der Waals surface area contributed by atoms with E-state index in [0.29, 0.717) is 0 Å². The van der Waals surface area contributed by atoms with Crippen LogP contribution in [0, 0.1) is 6.92 Å². The molecular formula is C30H22O2. The lowest BCUT2D eigenvalue weighted by atomic mass is 9.67. The molecule has 2 N–H and O–H groups in total. The molecule has 0 aliphatic heterocycles. The Kier molecular flexibility index (Phi) is 3.93. The molecular weight excluding hydrogens is 392 g/mol. The molecule has 1 aliphatic rings. The summed E-state index contributed by atoms with van der Waals surface area (Å²) in [5.41, 5.74) is 7.69.